The van der Waals surface area contributed by atoms with Crippen LogP contribution >= 0.6 is 0 Å². The smallest absolute Gasteiger partial charge is 0.251 e. The topological polar surface area (TPSA) is 100 Å². The maximum absolute atomic E-state index is 14.8. The van der Waals surface area contributed by atoms with E-state index in [1.54, 1.807) is 12.3 Å². The number of allylic oxidation sites excluding steroid dienone is 2. The zero-order valence-electron chi connectivity index (χ0n) is 20.1. The van der Waals surface area contributed by atoms with Crippen molar-refractivity contribution < 1.29 is 13.9 Å². The molecule has 0 bridgehead atoms. The fourth-order valence-corrected chi connectivity index (χ4v) is 4.70. The van der Waals surface area contributed by atoms with Crippen molar-refractivity contribution in [1.29, 1.82) is 0 Å². The van der Waals surface area contributed by atoms with Gasteiger partial charge in [0, 0.05) is 57.6 Å². The number of ether oxygens (including phenoxy) is 1. The molecule has 0 spiro atoms. The van der Waals surface area contributed by atoms with E-state index in [4.69, 9.17) is 4.74 Å². The molecule has 5 heterocycles. The summed E-state index contributed by atoms with van der Waals surface area (Å²) in [6.07, 6.45) is 8.13. The predicted octanol–water partition coefficient (Wildman–Crippen LogP) is 1.70. The van der Waals surface area contributed by atoms with E-state index in [1.165, 1.54) is 6.20 Å². The van der Waals surface area contributed by atoms with E-state index in [1.807, 2.05) is 17.9 Å². The molecule has 0 aliphatic carbocycles. The van der Waals surface area contributed by atoms with Gasteiger partial charge in [-0.2, -0.15) is 0 Å². The molecule has 186 valence electrons. The first-order valence-electron chi connectivity index (χ1n) is 12.0. The first kappa shape index (κ1) is 23.4. The van der Waals surface area contributed by atoms with Crippen LogP contribution in [-0.2, 0) is 9.53 Å². The molecule has 2 aromatic heterocycles. The zero-order chi connectivity index (χ0) is 24.4. The molecule has 2 aromatic rings. The molecule has 0 unspecified atom stereocenters. The fraction of sp³-hybridized carbons (Fsp3) is 0.500. The van der Waals surface area contributed by atoms with Crippen LogP contribution in [0.15, 0.2) is 35.9 Å². The summed E-state index contributed by atoms with van der Waals surface area (Å²) in [6, 6.07) is 0.191. The van der Waals surface area contributed by atoms with Crippen LogP contribution in [0.2, 0.25) is 0 Å². The fourth-order valence-electron chi connectivity index (χ4n) is 4.70. The normalized spacial score (nSPS) is 19.7. The number of imidazole rings is 1. The molecule has 2 N–H and O–H groups in total. The van der Waals surface area contributed by atoms with Crippen LogP contribution in [0.5, 0.6) is 0 Å². The minimum Gasteiger partial charge on any atom is -0.381 e. The van der Waals surface area contributed by atoms with E-state index in [2.05, 4.69) is 42.1 Å². The van der Waals surface area contributed by atoms with Gasteiger partial charge in [-0.3, -0.25) is 4.79 Å². The monoisotopic (exact) mass is 482 g/mol. The van der Waals surface area contributed by atoms with Crippen LogP contribution in [0.3, 0.4) is 0 Å². The van der Waals surface area contributed by atoms with E-state index in [-0.39, 0.29) is 23.6 Å². The van der Waals surface area contributed by atoms with Gasteiger partial charge in [0.2, 0.25) is 5.95 Å². The van der Waals surface area contributed by atoms with Gasteiger partial charge in [-0.25, -0.2) is 19.3 Å². The van der Waals surface area contributed by atoms with Crippen LogP contribution in [0.4, 0.5) is 10.3 Å². The highest BCUT2D eigenvalue weighted by atomic mass is 19.1. The molecule has 11 heteroatoms. The summed E-state index contributed by atoms with van der Waals surface area (Å²) >= 11 is 0. The van der Waals surface area contributed by atoms with Gasteiger partial charge in [0.15, 0.2) is 5.82 Å². The average molecular weight is 483 g/mol. The Labute approximate surface area is 203 Å². The third-order valence-electron chi connectivity index (χ3n) is 6.76. The van der Waals surface area contributed by atoms with Gasteiger partial charge in [-0.15, -0.1) is 0 Å². The van der Waals surface area contributed by atoms with E-state index in [0.717, 1.165) is 44.8 Å². The van der Waals surface area contributed by atoms with Crippen LogP contribution in [0.1, 0.15) is 24.7 Å². The number of hydrogen-bond donors (Lipinski definition) is 2. The molecule has 5 rings (SSSR count). The molecule has 2 fully saturated rings. The van der Waals surface area contributed by atoms with Gasteiger partial charge in [0.05, 0.1) is 18.1 Å². The summed E-state index contributed by atoms with van der Waals surface area (Å²) in [5.74, 6) is 1.28. The lowest BCUT2D eigenvalue weighted by molar-refractivity contribution is -0.128. The maximum atomic E-state index is 14.8. The van der Waals surface area contributed by atoms with Crippen molar-refractivity contribution in [3.63, 3.8) is 0 Å². The highest BCUT2D eigenvalue weighted by Gasteiger charge is 2.25. The van der Waals surface area contributed by atoms with Gasteiger partial charge in [0.1, 0.15) is 17.3 Å². The number of likely N-dealkylation sites (N-methyl/N-ethyl adjacent to an activating group) is 1. The van der Waals surface area contributed by atoms with E-state index in [0.29, 0.717) is 36.8 Å². The lowest BCUT2D eigenvalue weighted by atomic mass is 10.1. The number of amides is 1. The van der Waals surface area contributed by atoms with E-state index >= 15 is 0 Å². The molecule has 0 aromatic carbocycles. The van der Waals surface area contributed by atoms with Crippen molar-refractivity contribution in [2.45, 2.75) is 25.8 Å². The molecule has 3 aliphatic heterocycles. The van der Waals surface area contributed by atoms with Crippen LogP contribution in [-0.4, -0.2) is 88.2 Å². The number of nitrogens with zero attached hydrogens (tertiary/aromatic N) is 6. The summed E-state index contributed by atoms with van der Waals surface area (Å²) < 4.78 is 22.4. The summed E-state index contributed by atoms with van der Waals surface area (Å²) in [5.41, 5.74) is 1.53. The van der Waals surface area contributed by atoms with Crippen molar-refractivity contribution >= 4 is 11.9 Å². The number of piperazine rings is 1. The second-order valence-electron chi connectivity index (χ2n) is 9.14. The molecule has 1 amide bonds. The molecule has 10 nitrogen and oxygen atoms in total. The molecule has 0 radical (unpaired) electrons. The van der Waals surface area contributed by atoms with E-state index in [9.17, 15) is 9.18 Å². The van der Waals surface area contributed by atoms with E-state index < -0.39 is 5.82 Å². The van der Waals surface area contributed by atoms with Crippen LogP contribution < -0.4 is 10.6 Å². The second-order valence-corrected chi connectivity index (χ2v) is 9.14. The number of aromatic nitrogens is 4. The highest BCUT2D eigenvalue weighted by Crippen LogP contribution is 2.30. The molecular formula is C24H31FN8O2. The average Bonchev–Trinajstić information content (AvgIpc) is 3.27. The Balaban J connectivity index is 1.32. The second kappa shape index (κ2) is 10.1. The highest BCUT2D eigenvalue weighted by molar-refractivity contribution is 5.94. The Morgan fingerprint density at radius 3 is 2.63 bits per heavy atom. The number of hydrogen-bond acceptors (Lipinski definition) is 8. The molecule has 2 saturated heterocycles. The Kier molecular flexibility index (Phi) is 6.78. The number of carbonyl (C=O) groups excluding carboxylic acids is 1. The number of aryl methyl sites for hydroxylation is 1. The summed E-state index contributed by atoms with van der Waals surface area (Å²) in [5, 5.41) is 6.31. The minimum atomic E-state index is -0.505. The molecule has 0 atom stereocenters. The molecule has 3 aliphatic rings. The van der Waals surface area contributed by atoms with Crippen molar-refractivity contribution in [3.05, 3.63) is 47.6 Å². The molecule has 35 heavy (non-hydrogen) atoms. The van der Waals surface area contributed by atoms with Crippen molar-refractivity contribution in [2.24, 2.45) is 0 Å². The Morgan fingerprint density at radius 1 is 1.14 bits per heavy atom. The zero-order valence-corrected chi connectivity index (χ0v) is 20.1. The van der Waals surface area contributed by atoms with Gasteiger partial charge in [-0.1, -0.05) is 0 Å². The number of dihydropyridines is 1. The minimum absolute atomic E-state index is 0.0537. The standard InChI is InChI=1S/C24H31FN8O2/c1-16-26-15-20(33(16)18-5-11-35-12-6-18)22-19(25)14-28-24(30-22)29-21-4-3-17(13-27-21)23(34)32-9-7-31(2)8-10-32/h3-4,14-15,18,27H,5-13H2,1-2H3,(H,28,29,30). The first-order valence-corrected chi connectivity index (χ1v) is 12.0. The van der Waals surface area contributed by atoms with Gasteiger partial charge in [-0.05, 0) is 39.0 Å². The SMILES string of the molecule is Cc1ncc(-c2nc(NC3=CC=C(C(=O)N4CCN(C)CC4)CN3)ncc2F)n1C1CCOCC1. The summed E-state index contributed by atoms with van der Waals surface area (Å²) in [4.78, 5) is 29.9. The summed E-state index contributed by atoms with van der Waals surface area (Å²) in [6.45, 7) is 6.89. The van der Waals surface area contributed by atoms with Crippen molar-refractivity contribution in [2.75, 3.05) is 58.3 Å². The third-order valence-corrected chi connectivity index (χ3v) is 6.76. The van der Waals surface area contributed by atoms with Crippen molar-refractivity contribution in [1.82, 2.24) is 34.6 Å². The third kappa shape index (κ3) is 5.06. The molecular weight excluding hydrogens is 451 g/mol. The first-order chi connectivity index (χ1) is 17.0. The Morgan fingerprint density at radius 2 is 1.91 bits per heavy atom. The number of halogens is 1. The predicted molar refractivity (Wildman–Crippen MR) is 129 cm³/mol. The van der Waals surface area contributed by atoms with Crippen molar-refractivity contribution in [3.8, 4) is 11.4 Å². The summed E-state index contributed by atoms with van der Waals surface area (Å²) in [7, 11) is 2.06. The maximum Gasteiger partial charge on any atom is 0.251 e. The number of nitrogens with one attached hydrogen (secondary N) is 2. The largest absolute Gasteiger partial charge is 0.381 e. The number of anilines is 1. The number of rotatable bonds is 5. The van der Waals surface area contributed by atoms with Crippen LogP contribution in [0, 0.1) is 12.7 Å². The number of carbonyl (C=O) groups is 1. The van der Waals surface area contributed by atoms with Gasteiger partial charge in [0.25, 0.3) is 5.91 Å². The molecule has 0 saturated carbocycles. The van der Waals surface area contributed by atoms with Gasteiger partial charge >= 0.3 is 0 Å². The van der Waals surface area contributed by atoms with Gasteiger partial charge < -0.3 is 29.7 Å². The lowest BCUT2D eigenvalue weighted by Crippen LogP contribution is -2.48. The Bertz CT molecular complexity index is 1150. The lowest BCUT2D eigenvalue weighted by Gasteiger charge is -2.33. The quantitative estimate of drug-likeness (QED) is 0.664. The van der Waals surface area contributed by atoms with Crippen LogP contribution in [0.25, 0.3) is 11.4 Å². The Hall–Kier alpha value is -3.31.